The minimum Gasteiger partial charge on any atom is -0.459 e. The molecule has 0 radical (unpaired) electrons. The second-order valence-corrected chi connectivity index (χ2v) is 4.14. The van der Waals surface area contributed by atoms with E-state index in [9.17, 15) is 18.8 Å². The highest BCUT2D eigenvalue weighted by Gasteiger charge is 2.15. The number of carbonyl (C=O) groups is 3. The summed E-state index contributed by atoms with van der Waals surface area (Å²) < 4.78 is 18.8. The molecule has 7 heteroatoms. The number of benzene rings is 1. The normalized spacial score (nSPS) is 11.9. The summed E-state index contributed by atoms with van der Waals surface area (Å²) in [5, 5.41) is 4.94. The van der Waals surface area contributed by atoms with Gasteiger partial charge >= 0.3 is 6.03 Å². The van der Waals surface area contributed by atoms with Crippen LogP contribution in [0.1, 0.15) is 29.1 Å². The zero-order chi connectivity index (χ0) is 14.7. The molecule has 6 nitrogen and oxygen atoms in total. The maximum Gasteiger partial charge on any atom is 0.321 e. The molecule has 3 amide bonds. The van der Waals surface area contributed by atoms with E-state index in [0.717, 1.165) is 6.07 Å². The lowest BCUT2D eigenvalue weighted by Crippen LogP contribution is -2.35. The Morgan fingerprint density at radius 2 is 2.10 bits per heavy atom. The van der Waals surface area contributed by atoms with Crippen LogP contribution in [0.15, 0.2) is 22.6 Å². The van der Waals surface area contributed by atoms with Gasteiger partial charge in [0.1, 0.15) is 17.2 Å². The zero-order valence-electron chi connectivity index (χ0n) is 10.5. The van der Waals surface area contributed by atoms with Crippen LogP contribution in [0, 0.1) is 5.82 Å². The topological polar surface area (TPSA) is 88.4 Å². The minimum absolute atomic E-state index is 0.0656. The van der Waals surface area contributed by atoms with Crippen molar-refractivity contribution in [2.75, 3.05) is 0 Å². The lowest BCUT2D eigenvalue weighted by Gasteiger charge is -2.09. The third-order valence-electron chi connectivity index (χ3n) is 2.75. The molecule has 0 aliphatic rings. The monoisotopic (exact) mass is 278 g/mol. The number of hydrogen-bond acceptors (Lipinski definition) is 4. The molecule has 2 rings (SSSR count). The van der Waals surface area contributed by atoms with E-state index < -0.39 is 17.9 Å². The van der Waals surface area contributed by atoms with E-state index in [1.165, 1.54) is 6.07 Å². The predicted octanol–water partition coefficient (Wildman–Crippen LogP) is 1.90. The van der Waals surface area contributed by atoms with E-state index in [4.69, 9.17) is 4.42 Å². The number of furan rings is 1. The number of amides is 3. The quantitative estimate of drug-likeness (QED) is 0.836. The van der Waals surface area contributed by atoms with Crippen molar-refractivity contribution in [3.8, 4) is 0 Å². The van der Waals surface area contributed by atoms with Gasteiger partial charge in [-0.05, 0) is 19.1 Å². The summed E-state index contributed by atoms with van der Waals surface area (Å²) >= 11 is 0. The molecule has 1 heterocycles. The van der Waals surface area contributed by atoms with Gasteiger partial charge in [0.2, 0.25) is 6.41 Å². The number of urea groups is 1. The molecule has 0 saturated carbocycles. The van der Waals surface area contributed by atoms with Gasteiger partial charge < -0.3 is 9.73 Å². The molecule has 0 aliphatic carbocycles. The molecule has 0 fully saturated rings. The van der Waals surface area contributed by atoms with Gasteiger partial charge in [0.15, 0.2) is 6.29 Å². The summed E-state index contributed by atoms with van der Waals surface area (Å²) in [6.45, 7) is 1.64. The first kappa shape index (κ1) is 13.7. The van der Waals surface area contributed by atoms with Gasteiger partial charge in [-0.2, -0.15) is 0 Å². The molecule has 1 aromatic heterocycles. The van der Waals surface area contributed by atoms with E-state index in [0.29, 0.717) is 17.4 Å². The number of carbonyl (C=O) groups excluding carboxylic acids is 3. The Labute approximate surface area is 112 Å². The Morgan fingerprint density at radius 3 is 2.75 bits per heavy atom. The van der Waals surface area contributed by atoms with Gasteiger partial charge in [0.25, 0.3) is 0 Å². The molecule has 1 unspecified atom stereocenters. The maximum atomic E-state index is 13.4. The number of hydrogen-bond donors (Lipinski definition) is 2. The van der Waals surface area contributed by atoms with Crippen LogP contribution in [-0.2, 0) is 4.79 Å². The number of imide groups is 1. The molecular weight excluding hydrogens is 267 g/mol. The van der Waals surface area contributed by atoms with Crippen LogP contribution in [0.5, 0.6) is 0 Å². The highest BCUT2D eigenvalue weighted by atomic mass is 19.1. The van der Waals surface area contributed by atoms with Crippen molar-refractivity contribution in [1.29, 1.82) is 0 Å². The first-order valence-corrected chi connectivity index (χ1v) is 5.74. The first-order valence-electron chi connectivity index (χ1n) is 5.74. The van der Waals surface area contributed by atoms with Crippen LogP contribution in [0.25, 0.3) is 11.0 Å². The van der Waals surface area contributed by atoms with Crippen LogP contribution >= 0.6 is 0 Å². The molecule has 0 saturated heterocycles. The summed E-state index contributed by atoms with van der Waals surface area (Å²) in [5.74, 6) is -0.295. The minimum atomic E-state index is -0.673. The summed E-state index contributed by atoms with van der Waals surface area (Å²) in [6.07, 6.45) is 0.674. The lowest BCUT2D eigenvalue weighted by molar-refractivity contribution is -0.108. The molecule has 2 aromatic rings. The molecule has 20 heavy (non-hydrogen) atoms. The fraction of sp³-hybridized carbons (Fsp3) is 0.154. The van der Waals surface area contributed by atoms with Crippen LogP contribution in [0.3, 0.4) is 0 Å². The number of rotatable bonds is 4. The second-order valence-electron chi connectivity index (χ2n) is 4.14. The molecule has 104 valence electrons. The smallest absolute Gasteiger partial charge is 0.321 e. The van der Waals surface area contributed by atoms with Gasteiger partial charge in [0, 0.05) is 11.5 Å². The van der Waals surface area contributed by atoms with Crippen LogP contribution in [0.4, 0.5) is 9.18 Å². The summed E-state index contributed by atoms with van der Waals surface area (Å²) in [4.78, 5) is 32.0. The largest absolute Gasteiger partial charge is 0.459 e. The molecule has 0 aliphatic heterocycles. The zero-order valence-corrected chi connectivity index (χ0v) is 10.5. The third kappa shape index (κ3) is 2.66. The van der Waals surface area contributed by atoms with E-state index in [-0.39, 0.29) is 17.6 Å². The number of halogens is 1. The summed E-state index contributed by atoms with van der Waals surface area (Å²) in [5.41, 5.74) is 0.205. The Balaban J connectivity index is 2.29. The second kappa shape index (κ2) is 5.52. The Kier molecular flexibility index (Phi) is 3.79. The number of fused-ring (bicyclic) bond motifs is 1. The Bertz CT molecular complexity index is 680. The highest BCUT2D eigenvalue weighted by Crippen LogP contribution is 2.26. The summed E-state index contributed by atoms with van der Waals surface area (Å²) in [7, 11) is 0. The molecule has 1 aromatic carbocycles. The molecule has 0 spiro atoms. The van der Waals surface area contributed by atoms with Gasteiger partial charge in [-0.15, -0.1) is 0 Å². The van der Waals surface area contributed by atoms with Crippen molar-refractivity contribution in [2.45, 2.75) is 13.0 Å². The Hall–Kier alpha value is -2.70. The molecule has 0 bridgehead atoms. The van der Waals surface area contributed by atoms with Gasteiger partial charge in [0.05, 0.1) is 11.6 Å². The van der Waals surface area contributed by atoms with Gasteiger partial charge in [-0.3, -0.25) is 14.9 Å². The number of nitrogens with one attached hydrogen (secondary N) is 2. The van der Waals surface area contributed by atoms with Crippen molar-refractivity contribution in [3.05, 3.63) is 35.3 Å². The molecular formula is C13H11FN2O4. The third-order valence-corrected chi connectivity index (χ3v) is 2.75. The fourth-order valence-corrected chi connectivity index (χ4v) is 1.77. The van der Waals surface area contributed by atoms with Crippen molar-refractivity contribution in [3.63, 3.8) is 0 Å². The average Bonchev–Trinajstić information content (AvgIpc) is 2.80. The predicted molar refractivity (Wildman–Crippen MR) is 67.7 cm³/mol. The standard InChI is InChI=1S/C13H11FN2O4/c1-7(16-13(19)15-6-18)11-3-8-2-9(5-17)10(14)4-12(8)20-11/h2-7H,1H3,(H2,15,16,18,19). The number of aldehydes is 1. The van der Waals surface area contributed by atoms with Crippen molar-refractivity contribution in [1.82, 2.24) is 10.6 Å². The molecule has 1 atom stereocenters. The SMILES string of the molecule is CC(NC(=O)NC=O)c1cc2cc(C=O)c(F)cc2o1. The van der Waals surface area contributed by atoms with E-state index in [1.54, 1.807) is 13.0 Å². The average molecular weight is 278 g/mol. The van der Waals surface area contributed by atoms with Crippen molar-refractivity contribution < 1.29 is 23.2 Å². The van der Waals surface area contributed by atoms with Crippen LogP contribution < -0.4 is 10.6 Å². The van der Waals surface area contributed by atoms with E-state index in [2.05, 4.69) is 5.32 Å². The van der Waals surface area contributed by atoms with Gasteiger partial charge in [-0.25, -0.2) is 9.18 Å². The maximum absolute atomic E-state index is 13.4. The van der Waals surface area contributed by atoms with E-state index in [1.807, 2.05) is 5.32 Å². The first-order chi connectivity index (χ1) is 9.55. The summed E-state index contributed by atoms with van der Waals surface area (Å²) in [6, 6.07) is 2.87. The molecule has 2 N–H and O–H groups in total. The highest BCUT2D eigenvalue weighted by molar-refractivity contribution is 5.87. The van der Waals surface area contributed by atoms with E-state index >= 15 is 0 Å². The van der Waals surface area contributed by atoms with Crippen molar-refractivity contribution >= 4 is 29.7 Å². The van der Waals surface area contributed by atoms with Crippen LogP contribution in [0.2, 0.25) is 0 Å². The fourth-order valence-electron chi connectivity index (χ4n) is 1.77. The lowest BCUT2D eigenvalue weighted by atomic mass is 10.1. The van der Waals surface area contributed by atoms with Crippen molar-refractivity contribution in [2.24, 2.45) is 0 Å². The van der Waals surface area contributed by atoms with Crippen LogP contribution in [-0.4, -0.2) is 18.7 Å². The van der Waals surface area contributed by atoms with Gasteiger partial charge in [-0.1, -0.05) is 0 Å². The Morgan fingerprint density at radius 1 is 1.35 bits per heavy atom.